The third-order valence-electron chi connectivity index (χ3n) is 2.81. The van der Waals surface area contributed by atoms with Crippen molar-refractivity contribution in [1.29, 1.82) is 0 Å². The summed E-state index contributed by atoms with van der Waals surface area (Å²) in [6.07, 6.45) is 0.693. The molecule has 0 saturated heterocycles. The molecule has 0 aliphatic heterocycles. The number of nitrogens with zero attached hydrogens (tertiary/aromatic N) is 1. The first-order chi connectivity index (χ1) is 8.21. The molecule has 3 nitrogen and oxygen atoms in total. The molecule has 0 saturated carbocycles. The van der Waals surface area contributed by atoms with Gasteiger partial charge in [0.25, 0.3) is 0 Å². The molecule has 0 aromatic heterocycles. The summed E-state index contributed by atoms with van der Waals surface area (Å²) in [5.74, 6) is 0. The Morgan fingerprint density at radius 3 is 2.06 bits per heavy atom. The van der Waals surface area contributed by atoms with E-state index in [4.69, 9.17) is 34.8 Å². The summed E-state index contributed by atoms with van der Waals surface area (Å²) in [5, 5.41) is 0.362. The summed E-state index contributed by atoms with van der Waals surface area (Å²) in [5.41, 5.74) is 0. The number of benzene rings is 1. The van der Waals surface area contributed by atoms with E-state index in [-0.39, 0.29) is 21.0 Å². The van der Waals surface area contributed by atoms with Gasteiger partial charge in [-0.15, -0.1) is 0 Å². The highest BCUT2D eigenvalue weighted by atomic mass is 35.5. The van der Waals surface area contributed by atoms with E-state index in [1.165, 1.54) is 23.5 Å². The summed E-state index contributed by atoms with van der Waals surface area (Å²) in [6.45, 7) is 3.72. The van der Waals surface area contributed by atoms with Crippen LogP contribution in [0.2, 0.25) is 15.1 Å². The van der Waals surface area contributed by atoms with E-state index >= 15 is 0 Å². The van der Waals surface area contributed by atoms with Gasteiger partial charge in [-0.25, -0.2) is 8.42 Å². The topological polar surface area (TPSA) is 37.4 Å². The lowest BCUT2D eigenvalue weighted by Gasteiger charge is -2.24. The number of hydrogen-bond acceptors (Lipinski definition) is 2. The Labute approximate surface area is 123 Å². The van der Waals surface area contributed by atoms with E-state index in [0.29, 0.717) is 11.4 Å². The predicted octanol–water partition coefficient (Wildman–Crippen LogP) is 4.07. The van der Waals surface area contributed by atoms with Crippen LogP contribution in [0, 0.1) is 0 Å². The highest BCUT2D eigenvalue weighted by molar-refractivity contribution is 7.89. The average molecular weight is 331 g/mol. The Kier molecular flexibility index (Phi) is 5.32. The van der Waals surface area contributed by atoms with Gasteiger partial charge in [0.05, 0.1) is 10.0 Å². The molecule has 0 fully saturated rings. The van der Waals surface area contributed by atoms with Crippen LogP contribution in [0.25, 0.3) is 0 Å². The number of rotatable bonds is 4. The van der Waals surface area contributed by atoms with E-state index in [2.05, 4.69) is 0 Å². The van der Waals surface area contributed by atoms with Gasteiger partial charge in [-0.3, -0.25) is 0 Å². The Morgan fingerprint density at radius 2 is 1.67 bits per heavy atom. The molecule has 1 atom stereocenters. The molecule has 0 amide bonds. The Hall–Kier alpha value is -0.000000000000000111. The molecular weight excluding hydrogens is 317 g/mol. The minimum absolute atomic E-state index is 0.0302. The molecule has 0 aliphatic carbocycles. The van der Waals surface area contributed by atoms with Crippen LogP contribution in [0.3, 0.4) is 0 Å². The first-order valence-electron chi connectivity index (χ1n) is 5.34. The molecule has 0 radical (unpaired) electrons. The molecular formula is C11H14Cl3NO2S. The second-order valence-electron chi connectivity index (χ2n) is 3.98. The summed E-state index contributed by atoms with van der Waals surface area (Å²) in [6, 6.07) is 2.59. The zero-order valence-corrected chi connectivity index (χ0v) is 13.3. The van der Waals surface area contributed by atoms with Crippen molar-refractivity contribution in [1.82, 2.24) is 4.31 Å². The van der Waals surface area contributed by atoms with E-state index < -0.39 is 10.0 Å². The molecule has 0 aliphatic rings. The van der Waals surface area contributed by atoms with Crippen LogP contribution in [0.1, 0.15) is 20.3 Å². The van der Waals surface area contributed by atoms with Crippen molar-refractivity contribution in [2.24, 2.45) is 0 Å². The second kappa shape index (κ2) is 5.97. The van der Waals surface area contributed by atoms with Crippen molar-refractivity contribution in [3.8, 4) is 0 Å². The molecule has 0 heterocycles. The summed E-state index contributed by atoms with van der Waals surface area (Å²) in [7, 11) is -2.21. The molecule has 1 unspecified atom stereocenters. The minimum atomic E-state index is -3.72. The zero-order valence-electron chi connectivity index (χ0n) is 10.2. The van der Waals surface area contributed by atoms with Gasteiger partial charge in [0.1, 0.15) is 4.90 Å². The van der Waals surface area contributed by atoms with Crippen LogP contribution in [-0.2, 0) is 10.0 Å². The maximum absolute atomic E-state index is 12.4. The van der Waals surface area contributed by atoms with Gasteiger partial charge in [-0.2, -0.15) is 4.31 Å². The molecule has 1 aromatic rings. The van der Waals surface area contributed by atoms with Gasteiger partial charge < -0.3 is 0 Å². The lowest BCUT2D eigenvalue weighted by molar-refractivity contribution is 0.380. The van der Waals surface area contributed by atoms with E-state index in [9.17, 15) is 8.42 Å². The van der Waals surface area contributed by atoms with Gasteiger partial charge in [0, 0.05) is 18.1 Å². The van der Waals surface area contributed by atoms with Crippen LogP contribution >= 0.6 is 34.8 Å². The molecule has 0 spiro atoms. The van der Waals surface area contributed by atoms with Crippen molar-refractivity contribution >= 4 is 44.8 Å². The fourth-order valence-electron chi connectivity index (χ4n) is 1.41. The molecule has 7 heteroatoms. The third kappa shape index (κ3) is 3.11. The average Bonchev–Trinajstić information content (AvgIpc) is 2.24. The van der Waals surface area contributed by atoms with Crippen LogP contribution < -0.4 is 0 Å². The van der Waals surface area contributed by atoms with Gasteiger partial charge in [0.15, 0.2) is 0 Å². The predicted molar refractivity (Wildman–Crippen MR) is 76.2 cm³/mol. The van der Waals surface area contributed by atoms with Crippen molar-refractivity contribution in [2.45, 2.75) is 31.2 Å². The van der Waals surface area contributed by atoms with Gasteiger partial charge in [0.2, 0.25) is 10.0 Å². The van der Waals surface area contributed by atoms with E-state index in [1.54, 1.807) is 0 Å². The standard InChI is InChI=1S/C11H14Cl3NO2S/c1-4-7(2)15(3)18(16,17)11-9(13)5-8(12)6-10(11)14/h5-7H,4H2,1-3H3. The monoisotopic (exact) mass is 329 g/mol. The fraction of sp³-hybridized carbons (Fsp3) is 0.455. The van der Waals surface area contributed by atoms with Crippen molar-refractivity contribution in [3.05, 3.63) is 27.2 Å². The number of halogens is 3. The molecule has 18 heavy (non-hydrogen) atoms. The largest absolute Gasteiger partial charge is 0.246 e. The second-order valence-corrected chi connectivity index (χ2v) is 7.16. The summed E-state index contributed by atoms with van der Waals surface area (Å²) in [4.78, 5) is -0.0990. The van der Waals surface area contributed by atoms with Crippen LogP contribution in [0.5, 0.6) is 0 Å². The fourth-order valence-corrected chi connectivity index (χ4v) is 4.34. The van der Waals surface area contributed by atoms with Crippen molar-refractivity contribution < 1.29 is 8.42 Å². The third-order valence-corrected chi connectivity index (χ3v) is 5.92. The van der Waals surface area contributed by atoms with Crippen LogP contribution in [0.15, 0.2) is 17.0 Å². The quantitative estimate of drug-likeness (QED) is 0.834. The molecule has 0 bridgehead atoms. The smallest absolute Gasteiger partial charge is 0.207 e. The van der Waals surface area contributed by atoms with Gasteiger partial charge in [-0.05, 0) is 25.5 Å². The maximum atomic E-state index is 12.4. The zero-order chi connectivity index (χ0) is 14.1. The highest BCUT2D eigenvalue weighted by Crippen LogP contribution is 2.34. The first kappa shape index (κ1) is 16.1. The first-order valence-corrected chi connectivity index (χ1v) is 7.91. The lowest BCUT2D eigenvalue weighted by atomic mass is 10.3. The van der Waals surface area contributed by atoms with Crippen molar-refractivity contribution in [2.75, 3.05) is 7.05 Å². The number of hydrogen-bond donors (Lipinski definition) is 0. The molecule has 102 valence electrons. The lowest BCUT2D eigenvalue weighted by Crippen LogP contribution is -2.34. The van der Waals surface area contributed by atoms with Crippen molar-refractivity contribution in [3.63, 3.8) is 0 Å². The van der Waals surface area contributed by atoms with Gasteiger partial charge in [-0.1, -0.05) is 41.7 Å². The molecule has 1 rings (SSSR count). The van der Waals surface area contributed by atoms with E-state index in [1.807, 2.05) is 13.8 Å². The Bertz CT molecular complexity index is 522. The Morgan fingerprint density at radius 1 is 1.22 bits per heavy atom. The molecule has 0 N–H and O–H groups in total. The summed E-state index contributed by atoms with van der Waals surface area (Å²) >= 11 is 17.6. The normalized spacial score (nSPS) is 13.9. The molecule has 1 aromatic carbocycles. The maximum Gasteiger partial charge on any atom is 0.246 e. The van der Waals surface area contributed by atoms with Crippen LogP contribution in [0.4, 0.5) is 0 Å². The SMILES string of the molecule is CCC(C)N(C)S(=O)(=O)c1c(Cl)cc(Cl)cc1Cl. The number of sulfonamides is 1. The highest BCUT2D eigenvalue weighted by Gasteiger charge is 2.29. The van der Waals surface area contributed by atoms with E-state index in [0.717, 1.165) is 0 Å². The van der Waals surface area contributed by atoms with Crippen LogP contribution in [-0.4, -0.2) is 25.8 Å². The Balaban J connectivity index is 3.38. The summed E-state index contributed by atoms with van der Waals surface area (Å²) < 4.78 is 26.1. The minimum Gasteiger partial charge on any atom is -0.207 e. The van der Waals surface area contributed by atoms with Gasteiger partial charge >= 0.3 is 0 Å².